The van der Waals surface area contributed by atoms with E-state index in [2.05, 4.69) is 5.32 Å². The summed E-state index contributed by atoms with van der Waals surface area (Å²) in [6.07, 6.45) is 2.55. The van der Waals surface area contributed by atoms with Gasteiger partial charge in [-0.2, -0.15) is 0 Å². The van der Waals surface area contributed by atoms with Gasteiger partial charge in [0.15, 0.2) is 0 Å². The minimum absolute atomic E-state index is 0.0542. The van der Waals surface area contributed by atoms with Crippen LogP contribution in [-0.4, -0.2) is 36.9 Å². The summed E-state index contributed by atoms with van der Waals surface area (Å²) in [6, 6.07) is 2.00. The van der Waals surface area contributed by atoms with Gasteiger partial charge in [0.2, 0.25) is 5.91 Å². The normalized spacial score (nSPS) is 17.4. The summed E-state index contributed by atoms with van der Waals surface area (Å²) in [4.78, 5) is 28.0. The Kier molecular flexibility index (Phi) is 4.81. The number of rotatable bonds is 4. The highest BCUT2D eigenvalue weighted by Crippen LogP contribution is 2.33. The number of nitrogens with one attached hydrogen (secondary N) is 1. The predicted octanol–water partition coefficient (Wildman–Crippen LogP) is 2.08. The van der Waals surface area contributed by atoms with Crippen molar-refractivity contribution >= 4 is 23.2 Å². The molecule has 1 aromatic rings. The second-order valence-electron chi connectivity index (χ2n) is 5.09. The summed E-state index contributed by atoms with van der Waals surface area (Å²) >= 11 is 1.60. The molecule has 0 saturated heterocycles. The Labute approximate surface area is 124 Å². The van der Waals surface area contributed by atoms with Crippen LogP contribution >= 0.6 is 11.3 Å². The molecule has 0 saturated carbocycles. The second kappa shape index (κ2) is 6.39. The van der Waals surface area contributed by atoms with Gasteiger partial charge in [-0.3, -0.25) is 9.59 Å². The van der Waals surface area contributed by atoms with E-state index in [1.165, 1.54) is 10.4 Å². The van der Waals surface area contributed by atoms with E-state index in [9.17, 15) is 9.59 Å². The van der Waals surface area contributed by atoms with Crippen LogP contribution in [0.2, 0.25) is 0 Å². The van der Waals surface area contributed by atoms with Gasteiger partial charge in [0, 0.05) is 30.9 Å². The van der Waals surface area contributed by atoms with Gasteiger partial charge in [-0.15, -0.1) is 11.3 Å². The van der Waals surface area contributed by atoms with Crippen LogP contribution in [0.3, 0.4) is 0 Å². The molecule has 1 heterocycles. The van der Waals surface area contributed by atoms with Crippen LogP contribution in [0, 0.1) is 5.92 Å². The molecule has 1 aromatic heterocycles. The summed E-state index contributed by atoms with van der Waals surface area (Å²) in [5.41, 5.74) is 1.19. The van der Waals surface area contributed by atoms with E-state index in [1.807, 2.05) is 24.8 Å². The first-order valence-corrected chi connectivity index (χ1v) is 8.04. The lowest BCUT2D eigenvalue weighted by molar-refractivity contribution is -0.124. The number of carbonyl (C=O) groups excluding carboxylic acids is 2. The van der Waals surface area contributed by atoms with Gasteiger partial charge < -0.3 is 10.2 Å². The highest BCUT2D eigenvalue weighted by atomic mass is 32.1. The molecular formula is C15H22N2O2S. The van der Waals surface area contributed by atoms with E-state index in [0.29, 0.717) is 0 Å². The van der Waals surface area contributed by atoms with E-state index < -0.39 is 0 Å². The van der Waals surface area contributed by atoms with Crippen molar-refractivity contribution in [3.8, 4) is 0 Å². The minimum atomic E-state index is 0.0542. The second-order valence-corrected chi connectivity index (χ2v) is 6.23. The third-order valence-corrected chi connectivity index (χ3v) is 5.19. The van der Waals surface area contributed by atoms with Crippen molar-refractivity contribution < 1.29 is 9.59 Å². The van der Waals surface area contributed by atoms with Gasteiger partial charge in [0.25, 0.3) is 5.91 Å². The standard InChI is InChI=1S/C15H22N2O2S/c1-4-17(5-2)15(19)13-9-11-8-10(14(18)16-3)6-7-12(11)20-13/h9-10H,4-8H2,1-3H3,(H,16,18). The lowest BCUT2D eigenvalue weighted by atomic mass is 9.88. The molecule has 1 unspecified atom stereocenters. The highest BCUT2D eigenvalue weighted by molar-refractivity contribution is 7.14. The quantitative estimate of drug-likeness (QED) is 0.924. The number of aryl methyl sites for hydroxylation is 1. The van der Waals surface area contributed by atoms with Crippen molar-refractivity contribution in [2.45, 2.75) is 33.1 Å². The first-order valence-electron chi connectivity index (χ1n) is 7.23. The summed E-state index contributed by atoms with van der Waals surface area (Å²) < 4.78 is 0. The van der Waals surface area contributed by atoms with Crippen molar-refractivity contribution in [1.82, 2.24) is 10.2 Å². The van der Waals surface area contributed by atoms with E-state index in [0.717, 1.165) is 37.2 Å². The summed E-state index contributed by atoms with van der Waals surface area (Å²) in [6.45, 7) is 5.46. The van der Waals surface area contributed by atoms with E-state index in [4.69, 9.17) is 0 Å². The van der Waals surface area contributed by atoms with Crippen molar-refractivity contribution in [1.29, 1.82) is 0 Å². The smallest absolute Gasteiger partial charge is 0.263 e. The Morgan fingerprint density at radius 3 is 2.70 bits per heavy atom. The maximum Gasteiger partial charge on any atom is 0.263 e. The molecule has 0 aliphatic heterocycles. The SMILES string of the molecule is CCN(CC)C(=O)c1cc2c(s1)CCC(C(=O)NC)C2. The zero-order valence-corrected chi connectivity index (χ0v) is 13.2. The largest absolute Gasteiger partial charge is 0.359 e. The average Bonchev–Trinajstić information content (AvgIpc) is 2.90. The topological polar surface area (TPSA) is 49.4 Å². The van der Waals surface area contributed by atoms with Crippen LogP contribution in [-0.2, 0) is 17.6 Å². The Balaban J connectivity index is 2.16. The fourth-order valence-electron chi connectivity index (χ4n) is 2.72. The molecule has 2 rings (SSSR count). The lowest BCUT2D eigenvalue weighted by Crippen LogP contribution is -2.31. The van der Waals surface area contributed by atoms with Gasteiger partial charge in [-0.05, 0) is 44.7 Å². The third kappa shape index (κ3) is 2.87. The Hall–Kier alpha value is -1.36. The molecule has 0 aromatic carbocycles. The van der Waals surface area contributed by atoms with Gasteiger partial charge in [-0.1, -0.05) is 0 Å². The maximum atomic E-state index is 12.4. The molecule has 4 nitrogen and oxygen atoms in total. The fraction of sp³-hybridized carbons (Fsp3) is 0.600. The number of fused-ring (bicyclic) bond motifs is 1. The van der Waals surface area contributed by atoms with E-state index in [-0.39, 0.29) is 17.7 Å². The van der Waals surface area contributed by atoms with Gasteiger partial charge in [0.1, 0.15) is 0 Å². The number of thiophene rings is 1. The molecule has 1 N–H and O–H groups in total. The molecule has 0 spiro atoms. The molecule has 1 atom stereocenters. The Morgan fingerprint density at radius 2 is 2.10 bits per heavy atom. The molecule has 1 aliphatic rings. The fourth-order valence-corrected chi connectivity index (χ4v) is 3.90. The molecular weight excluding hydrogens is 272 g/mol. The van der Waals surface area contributed by atoms with E-state index in [1.54, 1.807) is 18.4 Å². The molecule has 0 fully saturated rings. The minimum Gasteiger partial charge on any atom is -0.359 e. The van der Waals surface area contributed by atoms with Gasteiger partial charge in [-0.25, -0.2) is 0 Å². The Bertz CT molecular complexity index is 506. The lowest BCUT2D eigenvalue weighted by Gasteiger charge is -2.20. The van der Waals surface area contributed by atoms with Crippen molar-refractivity contribution in [2.24, 2.45) is 5.92 Å². The average molecular weight is 294 g/mol. The number of hydrogen-bond acceptors (Lipinski definition) is 3. The van der Waals surface area contributed by atoms with Crippen LogP contribution in [0.1, 0.15) is 40.4 Å². The van der Waals surface area contributed by atoms with Gasteiger partial charge >= 0.3 is 0 Å². The van der Waals surface area contributed by atoms with Crippen LogP contribution < -0.4 is 5.32 Å². The monoisotopic (exact) mass is 294 g/mol. The molecule has 20 heavy (non-hydrogen) atoms. The number of hydrogen-bond donors (Lipinski definition) is 1. The predicted molar refractivity (Wildman–Crippen MR) is 81.2 cm³/mol. The third-order valence-electron chi connectivity index (χ3n) is 3.96. The number of carbonyl (C=O) groups is 2. The van der Waals surface area contributed by atoms with E-state index >= 15 is 0 Å². The van der Waals surface area contributed by atoms with Crippen LogP contribution in [0.15, 0.2) is 6.07 Å². The number of nitrogens with zero attached hydrogens (tertiary/aromatic N) is 1. The number of amides is 2. The molecule has 0 bridgehead atoms. The first kappa shape index (κ1) is 15.0. The van der Waals surface area contributed by atoms with Crippen LogP contribution in [0.25, 0.3) is 0 Å². The van der Waals surface area contributed by atoms with Crippen LogP contribution in [0.5, 0.6) is 0 Å². The molecule has 110 valence electrons. The summed E-state index contributed by atoms with van der Waals surface area (Å²) in [5, 5.41) is 2.72. The highest BCUT2D eigenvalue weighted by Gasteiger charge is 2.27. The molecule has 1 aliphatic carbocycles. The molecule has 0 radical (unpaired) electrons. The Morgan fingerprint density at radius 1 is 1.40 bits per heavy atom. The zero-order chi connectivity index (χ0) is 14.7. The van der Waals surface area contributed by atoms with Crippen LogP contribution in [0.4, 0.5) is 0 Å². The van der Waals surface area contributed by atoms with Gasteiger partial charge in [0.05, 0.1) is 4.88 Å². The van der Waals surface area contributed by atoms with Crippen molar-refractivity contribution in [2.75, 3.05) is 20.1 Å². The summed E-state index contributed by atoms with van der Waals surface area (Å²) in [7, 11) is 1.68. The molecule has 5 heteroatoms. The molecule has 2 amide bonds. The van der Waals surface area contributed by atoms with Crippen molar-refractivity contribution in [3.63, 3.8) is 0 Å². The van der Waals surface area contributed by atoms with Crippen molar-refractivity contribution in [3.05, 3.63) is 21.4 Å². The zero-order valence-electron chi connectivity index (χ0n) is 12.4. The maximum absolute atomic E-state index is 12.4. The first-order chi connectivity index (χ1) is 9.60. The summed E-state index contributed by atoms with van der Waals surface area (Å²) in [5.74, 6) is 0.280.